The molecule has 2 aromatic rings. The van der Waals surface area contributed by atoms with Gasteiger partial charge in [0.2, 0.25) is 0 Å². The van der Waals surface area contributed by atoms with E-state index < -0.39 is 0 Å². The number of anilines is 1. The Kier molecular flexibility index (Phi) is 8.88. The number of likely N-dealkylation sites (N-methyl/N-ethyl adjacent to an activating group) is 1. The van der Waals surface area contributed by atoms with Crippen molar-refractivity contribution < 1.29 is 28.8 Å². The number of nitrogens with zero attached hydrogens (tertiary/aromatic N) is 1. The summed E-state index contributed by atoms with van der Waals surface area (Å²) in [5, 5.41) is 5.81. The molecule has 1 unspecified atom stereocenters. The smallest absolute Gasteiger partial charge is 0.319 e. The summed E-state index contributed by atoms with van der Waals surface area (Å²) in [6.07, 6.45) is 0. The Balaban J connectivity index is 0.00000312. The number of carbonyl (C=O) groups excluding carboxylic acids is 1. The summed E-state index contributed by atoms with van der Waals surface area (Å²) >= 11 is 3.43. The third kappa shape index (κ3) is 6.27. The summed E-state index contributed by atoms with van der Waals surface area (Å²) < 4.78 is 1.66. The first-order valence-electron chi connectivity index (χ1n) is 8.16. The van der Waals surface area contributed by atoms with E-state index in [2.05, 4.69) is 71.7 Å². The number of carbonyl (C=O) groups is 1. The van der Waals surface area contributed by atoms with Gasteiger partial charge in [-0.25, -0.2) is 4.79 Å². The molecule has 0 aliphatic rings. The molecule has 0 heterocycles. The molecule has 2 rings (SSSR count). The Hall–Kier alpha value is -1.12. The number of benzene rings is 2. The van der Waals surface area contributed by atoms with Gasteiger partial charge in [0.1, 0.15) is 12.2 Å². The normalized spacial score (nSPS) is 12.6. The molecule has 0 aliphatic carbocycles. The van der Waals surface area contributed by atoms with Crippen LogP contribution in [-0.4, -0.2) is 32.7 Å². The van der Waals surface area contributed by atoms with Gasteiger partial charge >= 0.3 is 6.03 Å². The zero-order chi connectivity index (χ0) is 17.6. The molecule has 0 aromatic heterocycles. The number of halogens is 2. The Morgan fingerprint density at radius 1 is 1.16 bits per heavy atom. The van der Waals surface area contributed by atoms with E-state index in [0.29, 0.717) is 6.54 Å². The van der Waals surface area contributed by atoms with Gasteiger partial charge in [0.05, 0.1) is 25.8 Å². The summed E-state index contributed by atoms with van der Waals surface area (Å²) in [5.41, 5.74) is 3.29. The predicted octanol–water partition coefficient (Wildman–Crippen LogP) is 1.54. The second-order valence-corrected chi connectivity index (χ2v) is 6.99. The molecule has 0 radical (unpaired) electrons. The van der Waals surface area contributed by atoms with Crippen LogP contribution in [0.15, 0.2) is 53.0 Å². The van der Waals surface area contributed by atoms with Crippen LogP contribution in [0.3, 0.4) is 0 Å². The number of hydrogen-bond donors (Lipinski definition) is 2. The summed E-state index contributed by atoms with van der Waals surface area (Å²) in [5.74, 6) is 0. The van der Waals surface area contributed by atoms with Gasteiger partial charge in [0.15, 0.2) is 0 Å². The molecule has 0 bridgehead atoms. The molecule has 136 valence electrons. The first-order valence-corrected chi connectivity index (χ1v) is 8.95. The fraction of sp³-hybridized carbons (Fsp3) is 0.316. The molecular weight excluding hydrogens is 493 g/mol. The average molecular weight is 518 g/mol. The lowest BCUT2D eigenvalue weighted by molar-refractivity contribution is -0.00000816. The van der Waals surface area contributed by atoms with E-state index in [-0.39, 0.29) is 30.0 Å². The Labute approximate surface area is 175 Å². The van der Waals surface area contributed by atoms with Crippen molar-refractivity contribution in [1.29, 1.82) is 0 Å². The second-order valence-electron chi connectivity index (χ2n) is 6.14. The largest absolute Gasteiger partial charge is 1.00 e. The third-order valence-electron chi connectivity index (χ3n) is 4.34. The van der Waals surface area contributed by atoms with Crippen LogP contribution in [0.2, 0.25) is 0 Å². The summed E-state index contributed by atoms with van der Waals surface area (Å²) in [7, 11) is 2.20. The number of urea groups is 1. The van der Waals surface area contributed by atoms with Crippen molar-refractivity contribution in [2.75, 3.05) is 32.0 Å². The van der Waals surface area contributed by atoms with Gasteiger partial charge in [-0.15, -0.1) is 0 Å². The van der Waals surface area contributed by atoms with Gasteiger partial charge in [-0.05, 0) is 53.5 Å². The first-order chi connectivity index (χ1) is 11.4. The zero-order valence-electron chi connectivity index (χ0n) is 14.9. The molecule has 6 heteroatoms. The van der Waals surface area contributed by atoms with E-state index in [1.165, 1.54) is 11.3 Å². The minimum absolute atomic E-state index is 0. The molecule has 2 N–H and O–H groups in total. The molecule has 2 amide bonds. The minimum atomic E-state index is -0.186. The van der Waals surface area contributed by atoms with Crippen molar-refractivity contribution in [2.45, 2.75) is 13.8 Å². The SMILES string of the molecule is CC[N+](C)(CCNC(=O)Nc1ccccc1Br)c1cccc(C)c1.[I-]. The van der Waals surface area contributed by atoms with Crippen LogP contribution in [0.4, 0.5) is 16.2 Å². The topological polar surface area (TPSA) is 41.1 Å². The molecule has 25 heavy (non-hydrogen) atoms. The molecule has 1 atom stereocenters. The number of rotatable bonds is 6. The number of quaternary nitrogens is 1. The predicted molar refractivity (Wildman–Crippen MR) is 105 cm³/mol. The summed E-state index contributed by atoms with van der Waals surface area (Å²) in [6, 6.07) is 15.9. The van der Waals surface area contributed by atoms with Crippen molar-refractivity contribution in [3.05, 3.63) is 58.6 Å². The molecule has 4 nitrogen and oxygen atoms in total. The lowest BCUT2D eigenvalue weighted by Gasteiger charge is -2.33. The number of nitrogens with one attached hydrogen (secondary N) is 2. The Morgan fingerprint density at radius 3 is 2.52 bits per heavy atom. The van der Waals surface area contributed by atoms with Crippen LogP contribution in [-0.2, 0) is 0 Å². The van der Waals surface area contributed by atoms with Gasteiger partial charge in [-0.2, -0.15) is 0 Å². The van der Waals surface area contributed by atoms with Gasteiger partial charge in [0, 0.05) is 10.5 Å². The fourth-order valence-electron chi connectivity index (χ4n) is 2.58. The summed E-state index contributed by atoms with van der Waals surface area (Å²) in [6.45, 7) is 6.69. The number of hydrogen-bond acceptors (Lipinski definition) is 1. The van der Waals surface area contributed by atoms with Crippen molar-refractivity contribution in [3.63, 3.8) is 0 Å². The Morgan fingerprint density at radius 2 is 1.88 bits per heavy atom. The highest BCUT2D eigenvalue weighted by Gasteiger charge is 2.22. The summed E-state index contributed by atoms with van der Waals surface area (Å²) in [4.78, 5) is 12.1. The van der Waals surface area contributed by atoms with E-state index in [1.54, 1.807) is 0 Å². The van der Waals surface area contributed by atoms with E-state index in [0.717, 1.165) is 27.7 Å². The monoisotopic (exact) mass is 517 g/mol. The van der Waals surface area contributed by atoms with Crippen LogP contribution in [0.5, 0.6) is 0 Å². The van der Waals surface area contributed by atoms with Gasteiger partial charge < -0.3 is 34.6 Å². The molecule has 0 saturated heterocycles. The standard InChI is InChI=1S/C19H24BrN3O.HI/c1-4-23(3,16-9-7-8-15(2)14-16)13-12-21-19(24)22-18-11-6-5-10-17(18)20;/h5-11,14H,4,12-13H2,1-3H3,(H-,21,22,24);1H. The van der Waals surface area contributed by atoms with Crippen molar-refractivity contribution >= 4 is 33.3 Å². The van der Waals surface area contributed by atoms with Crippen molar-refractivity contribution in [1.82, 2.24) is 9.80 Å². The first kappa shape index (κ1) is 21.9. The van der Waals surface area contributed by atoms with E-state index in [4.69, 9.17) is 0 Å². The minimum Gasteiger partial charge on any atom is -1.00 e. The van der Waals surface area contributed by atoms with E-state index in [9.17, 15) is 4.79 Å². The van der Waals surface area contributed by atoms with Crippen molar-refractivity contribution in [3.8, 4) is 0 Å². The molecule has 0 spiro atoms. The number of para-hydroxylation sites is 1. The lowest BCUT2D eigenvalue weighted by atomic mass is 10.2. The zero-order valence-corrected chi connectivity index (χ0v) is 18.6. The number of amides is 2. The van der Waals surface area contributed by atoms with Crippen LogP contribution >= 0.6 is 15.9 Å². The maximum absolute atomic E-state index is 12.1. The van der Waals surface area contributed by atoms with Crippen molar-refractivity contribution in [2.24, 2.45) is 0 Å². The fourth-order valence-corrected chi connectivity index (χ4v) is 2.96. The van der Waals surface area contributed by atoms with Crippen LogP contribution in [0.1, 0.15) is 12.5 Å². The second kappa shape index (κ2) is 10.1. The Bertz CT molecular complexity index is 711. The molecule has 0 saturated carbocycles. The molecule has 0 aliphatic heterocycles. The average Bonchev–Trinajstić information content (AvgIpc) is 2.57. The third-order valence-corrected chi connectivity index (χ3v) is 5.03. The molecule has 0 fully saturated rings. The van der Waals surface area contributed by atoms with Gasteiger partial charge in [0.25, 0.3) is 0 Å². The van der Waals surface area contributed by atoms with E-state index >= 15 is 0 Å². The number of aryl methyl sites for hydroxylation is 1. The maximum Gasteiger partial charge on any atom is 0.319 e. The highest BCUT2D eigenvalue weighted by atomic mass is 127. The molecular formula is C19H25BrIN3O. The van der Waals surface area contributed by atoms with Crippen LogP contribution in [0.25, 0.3) is 0 Å². The maximum atomic E-state index is 12.1. The van der Waals surface area contributed by atoms with Gasteiger partial charge in [-0.1, -0.05) is 24.3 Å². The quantitative estimate of drug-likeness (QED) is 0.443. The van der Waals surface area contributed by atoms with Crippen LogP contribution in [0, 0.1) is 6.92 Å². The van der Waals surface area contributed by atoms with Crippen LogP contribution < -0.4 is 39.1 Å². The highest BCUT2D eigenvalue weighted by molar-refractivity contribution is 9.10. The molecule has 2 aromatic carbocycles. The van der Waals surface area contributed by atoms with E-state index in [1.807, 2.05) is 24.3 Å². The van der Waals surface area contributed by atoms with Gasteiger partial charge in [-0.3, -0.25) is 4.48 Å². The lowest BCUT2D eigenvalue weighted by Crippen LogP contribution is -3.00. The highest BCUT2D eigenvalue weighted by Crippen LogP contribution is 2.22.